The van der Waals surface area contributed by atoms with Crippen molar-refractivity contribution in [2.45, 2.75) is 45.8 Å². The first-order valence-corrected chi connectivity index (χ1v) is 7.15. The van der Waals surface area contributed by atoms with Crippen LogP contribution in [0.25, 0.3) is 0 Å². The Morgan fingerprint density at radius 3 is 2.61 bits per heavy atom. The summed E-state index contributed by atoms with van der Waals surface area (Å²) in [6, 6.07) is 8.33. The topological polar surface area (TPSA) is 21.3 Å². The van der Waals surface area contributed by atoms with Crippen LogP contribution >= 0.6 is 11.6 Å². The van der Waals surface area contributed by atoms with Gasteiger partial charge in [0, 0.05) is 17.7 Å². The molecule has 1 aromatic rings. The van der Waals surface area contributed by atoms with Crippen molar-refractivity contribution in [1.82, 2.24) is 5.32 Å². The van der Waals surface area contributed by atoms with E-state index in [1.165, 1.54) is 5.56 Å². The van der Waals surface area contributed by atoms with Crippen LogP contribution in [-0.4, -0.2) is 25.3 Å². The Balaban J connectivity index is 2.68. The van der Waals surface area contributed by atoms with Crippen LogP contribution in [0.1, 0.15) is 32.8 Å². The fourth-order valence-corrected chi connectivity index (χ4v) is 2.23. The molecule has 0 aliphatic rings. The van der Waals surface area contributed by atoms with Gasteiger partial charge < -0.3 is 10.1 Å². The normalized spacial score (nSPS) is 14.4. The molecule has 2 nitrogen and oxygen atoms in total. The summed E-state index contributed by atoms with van der Waals surface area (Å²) >= 11 is 6.22. The third kappa shape index (κ3) is 4.97. The van der Waals surface area contributed by atoms with Gasteiger partial charge in [-0.1, -0.05) is 36.7 Å². The summed E-state index contributed by atoms with van der Waals surface area (Å²) in [6.07, 6.45) is 2.22. The molecule has 0 spiro atoms. The molecule has 1 N–H and O–H groups in total. The maximum Gasteiger partial charge on any atom is 0.0703 e. The number of rotatable bonds is 8. The second-order valence-electron chi connectivity index (χ2n) is 4.52. The molecule has 2 unspecified atom stereocenters. The third-order valence-electron chi connectivity index (χ3n) is 3.05. The van der Waals surface area contributed by atoms with Gasteiger partial charge in [-0.25, -0.2) is 0 Å². The van der Waals surface area contributed by atoms with E-state index in [-0.39, 0.29) is 6.10 Å². The number of hydrogen-bond acceptors (Lipinski definition) is 2. The first-order chi connectivity index (χ1) is 8.69. The maximum absolute atomic E-state index is 6.22. The highest BCUT2D eigenvalue weighted by molar-refractivity contribution is 6.31. The molecule has 0 aliphatic carbocycles. The Morgan fingerprint density at radius 1 is 1.28 bits per heavy atom. The fraction of sp³-hybridized carbons (Fsp3) is 0.600. The average Bonchev–Trinajstić information content (AvgIpc) is 2.36. The zero-order valence-electron chi connectivity index (χ0n) is 11.6. The lowest BCUT2D eigenvalue weighted by atomic mass is 10.0. The Bertz CT molecular complexity index is 343. The monoisotopic (exact) mass is 269 g/mol. The predicted octanol–water partition coefficient (Wildman–Crippen LogP) is 3.68. The van der Waals surface area contributed by atoms with Crippen LogP contribution in [0.4, 0.5) is 0 Å². The first-order valence-electron chi connectivity index (χ1n) is 6.77. The van der Waals surface area contributed by atoms with Crippen molar-refractivity contribution in [2.24, 2.45) is 0 Å². The van der Waals surface area contributed by atoms with Gasteiger partial charge in [-0.15, -0.1) is 0 Å². The minimum Gasteiger partial charge on any atom is -0.377 e. The standard InChI is InChI=1S/C15H24ClNO/c1-4-10-17-15(12(3)18-5-2)11-13-8-6-7-9-14(13)16/h6-9,12,15,17H,4-5,10-11H2,1-3H3. The molecule has 0 aliphatic heterocycles. The van der Waals surface area contributed by atoms with E-state index in [1.807, 2.05) is 25.1 Å². The Labute approximate surface area is 116 Å². The van der Waals surface area contributed by atoms with Crippen molar-refractivity contribution in [2.75, 3.05) is 13.2 Å². The van der Waals surface area contributed by atoms with E-state index in [0.29, 0.717) is 6.04 Å². The van der Waals surface area contributed by atoms with Gasteiger partial charge in [-0.3, -0.25) is 0 Å². The van der Waals surface area contributed by atoms with Gasteiger partial charge in [0.15, 0.2) is 0 Å². The summed E-state index contributed by atoms with van der Waals surface area (Å²) in [7, 11) is 0. The summed E-state index contributed by atoms with van der Waals surface area (Å²) in [5.41, 5.74) is 1.18. The van der Waals surface area contributed by atoms with E-state index in [0.717, 1.165) is 31.0 Å². The third-order valence-corrected chi connectivity index (χ3v) is 3.42. The van der Waals surface area contributed by atoms with Crippen molar-refractivity contribution in [3.05, 3.63) is 34.9 Å². The molecule has 102 valence electrons. The second-order valence-corrected chi connectivity index (χ2v) is 4.92. The van der Waals surface area contributed by atoms with E-state index >= 15 is 0 Å². The number of halogens is 1. The van der Waals surface area contributed by atoms with E-state index < -0.39 is 0 Å². The highest BCUT2D eigenvalue weighted by Crippen LogP contribution is 2.18. The van der Waals surface area contributed by atoms with Crippen LogP contribution < -0.4 is 5.32 Å². The largest absolute Gasteiger partial charge is 0.377 e. The molecule has 0 bridgehead atoms. The van der Waals surface area contributed by atoms with Crippen LogP contribution in [0.5, 0.6) is 0 Å². The SMILES string of the molecule is CCCNC(Cc1ccccc1Cl)C(C)OCC. The van der Waals surface area contributed by atoms with Crippen molar-refractivity contribution >= 4 is 11.6 Å². The molecule has 0 amide bonds. The smallest absolute Gasteiger partial charge is 0.0703 e. The molecule has 0 saturated heterocycles. The van der Waals surface area contributed by atoms with E-state index in [1.54, 1.807) is 0 Å². The summed E-state index contributed by atoms with van der Waals surface area (Å²) in [5.74, 6) is 0. The molecule has 0 fully saturated rings. The minimum absolute atomic E-state index is 0.192. The fourth-order valence-electron chi connectivity index (χ4n) is 2.01. The summed E-state index contributed by atoms with van der Waals surface area (Å²) in [4.78, 5) is 0. The summed E-state index contributed by atoms with van der Waals surface area (Å²) < 4.78 is 5.71. The molecule has 18 heavy (non-hydrogen) atoms. The zero-order valence-corrected chi connectivity index (χ0v) is 12.3. The van der Waals surface area contributed by atoms with Crippen molar-refractivity contribution in [3.8, 4) is 0 Å². The van der Waals surface area contributed by atoms with Gasteiger partial charge in [-0.2, -0.15) is 0 Å². The Hall–Kier alpha value is -0.570. The van der Waals surface area contributed by atoms with Crippen molar-refractivity contribution in [3.63, 3.8) is 0 Å². The lowest BCUT2D eigenvalue weighted by Crippen LogP contribution is -2.42. The molecule has 0 heterocycles. The molecular formula is C15H24ClNO. The molecule has 1 rings (SSSR count). The molecule has 0 aromatic heterocycles. The van der Waals surface area contributed by atoms with Crippen molar-refractivity contribution < 1.29 is 4.74 Å². The minimum atomic E-state index is 0.192. The molecule has 0 radical (unpaired) electrons. The lowest BCUT2D eigenvalue weighted by Gasteiger charge is -2.25. The van der Waals surface area contributed by atoms with Gasteiger partial charge in [0.05, 0.1) is 6.10 Å². The average molecular weight is 270 g/mol. The molecule has 2 atom stereocenters. The van der Waals surface area contributed by atoms with Gasteiger partial charge in [-0.05, 0) is 44.9 Å². The van der Waals surface area contributed by atoms with Crippen LogP contribution in [-0.2, 0) is 11.2 Å². The van der Waals surface area contributed by atoms with Crippen LogP contribution in [0, 0.1) is 0 Å². The van der Waals surface area contributed by atoms with E-state index in [9.17, 15) is 0 Å². The van der Waals surface area contributed by atoms with Gasteiger partial charge in [0.2, 0.25) is 0 Å². The number of benzene rings is 1. The Morgan fingerprint density at radius 2 is 2.00 bits per heavy atom. The molecule has 3 heteroatoms. The lowest BCUT2D eigenvalue weighted by molar-refractivity contribution is 0.0476. The van der Waals surface area contributed by atoms with E-state index in [2.05, 4.69) is 25.2 Å². The maximum atomic E-state index is 6.22. The van der Waals surface area contributed by atoms with Crippen LogP contribution in [0.2, 0.25) is 5.02 Å². The summed E-state index contributed by atoms with van der Waals surface area (Å²) in [5, 5.41) is 4.38. The summed E-state index contributed by atoms with van der Waals surface area (Å²) in [6.45, 7) is 8.07. The highest BCUT2D eigenvalue weighted by Gasteiger charge is 2.18. The quantitative estimate of drug-likeness (QED) is 0.777. The van der Waals surface area contributed by atoms with Gasteiger partial charge >= 0.3 is 0 Å². The molecular weight excluding hydrogens is 246 g/mol. The molecule has 0 saturated carbocycles. The predicted molar refractivity (Wildman–Crippen MR) is 78.3 cm³/mol. The number of nitrogens with one attached hydrogen (secondary N) is 1. The molecule has 1 aromatic carbocycles. The Kier molecular flexibility index (Phi) is 7.33. The van der Waals surface area contributed by atoms with Crippen LogP contribution in [0.3, 0.4) is 0 Å². The van der Waals surface area contributed by atoms with Crippen molar-refractivity contribution in [1.29, 1.82) is 0 Å². The highest BCUT2D eigenvalue weighted by atomic mass is 35.5. The van der Waals surface area contributed by atoms with Gasteiger partial charge in [0.25, 0.3) is 0 Å². The van der Waals surface area contributed by atoms with E-state index in [4.69, 9.17) is 16.3 Å². The second kappa shape index (κ2) is 8.52. The number of ether oxygens (including phenoxy) is 1. The zero-order chi connectivity index (χ0) is 13.4. The number of hydrogen-bond donors (Lipinski definition) is 1. The van der Waals surface area contributed by atoms with Crippen LogP contribution in [0.15, 0.2) is 24.3 Å². The van der Waals surface area contributed by atoms with Gasteiger partial charge in [0.1, 0.15) is 0 Å². The first kappa shape index (κ1) is 15.5.